The Morgan fingerprint density at radius 2 is 2.12 bits per heavy atom. The van der Waals surface area contributed by atoms with Crippen molar-refractivity contribution >= 4 is 11.9 Å². The maximum atomic E-state index is 11.3. The fraction of sp³-hybridized carbons (Fsp3) is 0.400. The van der Waals surface area contributed by atoms with Crippen molar-refractivity contribution in [3.05, 3.63) is 24.2 Å². The van der Waals surface area contributed by atoms with E-state index in [-0.39, 0.29) is 18.5 Å². The highest BCUT2D eigenvalue weighted by Crippen LogP contribution is 1.97. The minimum absolute atomic E-state index is 0.0491. The number of furan rings is 1. The smallest absolute Gasteiger partial charge is 0.315 e. The monoisotopic (exact) mass is 225 g/mol. The van der Waals surface area contributed by atoms with Crippen LogP contribution in [0.5, 0.6) is 0 Å². The van der Waals surface area contributed by atoms with Crippen molar-refractivity contribution in [1.29, 1.82) is 0 Å². The number of urea groups is 1. The van der Waals surface area contributed by atoms with Crippen LogP contribution in [0.25, 0.3) is 0 Å². The lowest BCUT2D eigenvalue weighted by Gasteiger charge is -2.05. The Kier molecular flexibility index (Phi) is 4.91. The number of amides is 3. The zero-order chi connectivity index (χ0) is 11.8. The van der Waals surface area contributed by atoms with Gasteiger partial charge < -0.3 is 20.4 Å². The predicted octanol–water partition coefficient (Wildman–Crippen LogP) is 0.215. The summed E-state index contributed by atoms with van der Waals surface area (Å²) in [5.41, 5.74) is 0. The first kappa shape index (κ1) is 12.1. The van der Waals surface area contributed by atoms with Gasteiger partial charge in [-0.15, -0.1) is 0 Å². The summed E-state index contributed by atoms with van der Waals surface area (Å²) in [4.78, 5) is 22.2. The van der Waals surface area contributed by atoms with Crippen molar-refractivity contribution < 1.29 is 14.0 Å². The highest BCUT2D eigenvalue weighted by Gasteiger charge is 2.04. The van der Waals surface area contributed by atoms with Crippen molar-refractivity contribution in [2.75, 3.05) is 13.1 Å². The topological polar surface area (TPSA) is 83.4 Å². The fourth-order valence-electron chi connectivity index (χ4n) is 1.04. The van der Waals surface area contributed by atoms with Crippen LogP contribution in [0.15, 0.2) is 22.8 Å². The van der Waals surface area contributed by atoms with Gasteiger partial charge in [0.25, 0.3) is 0 Å². The lowest BCUT2D eigenvalue weighted by molar-refractivity contribution is -0.120. The summed E-state index contributed by atoms with van der Waals surface area (Å²) in [6, 6.07) is 3.15. The Morgan fingerprint density at radius 3 is 2.75 bits per heavy atom. The third-order valence-electron chi connectivity index (χ3n) is 1.79. The first-order chi connectivity index (χ1) is 7.72. The van der Waals surface area contributed by atoms with Gasteiger partial charge in [0.15, 0.2) is 0 Å². The molecule has 16 heavy (non-hydrogen) atoms. The lowest BCUT2D eigenvalue weighted by Crippen LogP contribution is -2.41. The Balaban J connectivity index is 2.14. The average molecular weight is 225 g/mol. The number of hydrogen-bond acceptors (Lipinski definition) is 3. The maximum absolute atomic E-state index is 11.3. The lowest BCUT2D eigenvalue weighted by atomic mass is 10.4. The van der Waals surface area contributed by atoms with E-state index < -0.39 is 0 Å². The van der Waals surface area contributed by atoms with Crippen molar-refractivity contribution in [2.45, 2.75) is 13.5 Å². The molecule has 0 spiro atoms. The number of rotatable bonds is 5. The van der Waals surface area contributed by atoms with E-state index in [2.05, 4.69) is 16.0 Å². The third-order valence-corrected chi connectivity index (χ3v) is 1.79. The summed E-state index contributed by atoms with van der Waals surface area (Å²) in [6.07, 6.45) is 1.54. The van der Waals surface area contributed by atoms with E-state index in [0.717, 1.165) is 0 Å². The molecule has 3 N–H and O–H groups in total. The van der Waals surface area contributed by atoms with Crippen LogP contribution in [0.3, 0.4) is 0 Å². The van der Waals surface area contributed by atoms with Crippen molar-refractivity contribution in [2.24, 2.45) is 0 Å². The van der Waals surface area contributed by atoms with Gasteiger partial charge in [-0.05, 0) is 19.1 Å². The second-order valence-corrected chi connectivity index (χ2v) is 3.07. The molecular formula is C10H15N3O3. The molecular weight excluding hydrogens is 210 g/mol. The van der Waals surface area contributed by atoms with Crippen LogP contribution in [0.2, 0.25) is 0 Å². The van der Waals surface area contributed by atoms with Crippen LogP contribution in [0.1, 0.15) is 12.7 Å². The van der Waals surface area contributed by atoms with Crippen LogP contribution < -0.4 is 16.0 Å². The average Bonchev–Trinajstić information content (AvgIpc) is 2.77. The number of carbonyl (C=O) groups is 2. The molecule has 0 unspecified atom stereocenters. The van der Waals surface area contributed by atoms with Crippen LogP contribution in [-0.4, -0.2) is 25.0 Å². The molecule has 6 nitrogen and oxygen atoms in total. The van der Waals surface area contributed by atoms with E-state index in [4.69, 9.17) is 4.42 Å². The number of nitrogens with one attached hydrogen (secondary N) is 3. The quantitative estimate of drug-likeness (QED) is 0.670. The Morgan fingerprint density at radius 1 is 1.31 bits per heavy atom. The first-order valence-electron chi connectivity index (χ1n) is 5.03. The highest BCUT2D eigenvalue weighted by molar-refractivity contribution is 5.83. The van der Waals surface area contributed by atoms with Gasteiger partial charge >= 0.3 is 6.03 Å². The zero-order valence-corrected chi connectivity index (χ0v) is 9.08. The Hall–Kier alpha value is -1.98. The van der Waals surface area contributed by atoms with Gasteiger partial charge in [-0.3, -0.25) is 4.79 Å². The van der Waals surface area contributed by atoms with Crippen LogP contribution in [0, 0.1) is 0 Å². The predicted molar refractivity (Wildman–Crippen MR) is 57.6 cm³/mol. The number of carbonyl (C=O) groups excluding carboxylic acids is 2. The molecule has 0 aliphatic rings. The minimum Gasteiger partial charge on any atom is -0.467 e. The molecule has 0 aromatic carbocycles. The summed E-state index contributed by atoms with van der Waals surface area (Å²) >= 11 is 0. The third kappa shape index (κ3) is 4.50. The van der Waals surface area contributed by atoms with E-state index in [1.165, 1.54) is 6.26 Å². The Bertz CT molecular complexity index is 335. The van der Waals surface area contributed by atoms with Crippen molar-refractivity contribution in [1.82, 2.24) is 16.0 Å². The van der Waals surface area contributed by atoms with Crippen molar-refractivity contribution in [3.8, 4) is 0 Å². The van der Waals surface area contributed by atoms with Crippen LogP contribution >= 0.6 is 0 Å². The van der Waals surface area contributed by atoms with E-state index >= 15 is 0 Å². The first-order valence-corrected chi connectivity index (χ1v) is 5.03. The fourth-order valence-corrected chi connectivity index (χ4v) is 1.04. The molecule has 1 heterocycles. The van der Waals surface area contributed by atoms with Gasteiger partial charge in [0, 0.05) is 6.54 Å². The molecule has 0 aliphatic heterocycles. The summed E-state index contributed by atoms with van der Waals surface area (Å²) in [7, 11) is 0. The molecule has 6 heteroatoms. The minimum atomic E-state index is -0.351. The summed E-state index contributed by atoms with van der Waals surface area (Å²) < 4.78 is 5.03. The van der Waals surface area contributed by atoms with Gasteiger partial charge in [0.1, 0.15) is 5.76 Å². The summed E-state index contributed by atoms with van der Waals surface area (Å²) in [6.45, 7) is 2.60. The second kappa shape index (κ2) is 6.49. The van der Waals surface area contributed by atoms with Gasteiger partial charge in [0.2, 0.25) is 5.91 Å². The zero-order valence-electron chi connectivity index (χ0n) is 9.08. The highest BCUT2D eigenvalue weighted by atomic mass is 16.3. The molecule has 0 aliphatic carbocycles. The molecule has 88 valence electrons. The molecule has 0 saturated carbocycles. The molecule has 1 aromatic heterocycles. The molecule has 0 saturated heterocycles. The van der Waals surface area contributed by atoms with E-state index in [1.807, 2.05) is 0 Å². The largest absolute Gasteiger partial charge is 0.467 e. The van der Waals surface area contributed by atoms with Crippen LogP contribution in [0.4, 0.5) is 4.79 Å². The molecule has 1 aromatic rings. The van der Waals surface area contributed by atoms with Crippen LogP contribution in [-0.2, 0) is 11.3 Å². The van der Waals surface area contributed by atoms with E-state index in [1.54, 1.807) is 19.1 Å². The SMILES string of the molecule is CCNC(=O)NCC(=O)NCc1ccco1. The molecule has 0 bridgehead atoms. The van der Waals surface area contributed by atoms with Gasteiger partial charge in [-0.2, -0.15) is 0 Å². The van der Waals surface area contributed by atoms with Gasteiger partial charge in [0.05, 0.1) is 19.4 Å². The molecule has 1 rings (SSSR count). The normalized spacial score (nSPS) is 9.56. The van der Waals surface area contributed by atoms with Crippen molar-refractivity contribution in [3.63, 3.8) is 0 Å². The van der Waals surface area contributed by atoms with E-state index in [0.29, 0.717) is 18.8 Å². The van der Waals surface area contributed by atoms with Gasteiger partial charge in [-0.1, -0.05) is 0 Å². The molecule has 0 atom stereocenters. The maximum Gasteiger partial charge on any atom is 0.315 e. The second-order valence-electron chi connectivity index (χ2n) is 3.07. The molecule has 0 fully saturated rings. The van der Waals surface area contributed by atoms with Gasteiger partial charge in [-0.25, -0.2) is 4.79 Å². The van der Waals surface area contributed by atoms with E-state index in [9.17, 15) is 9.59 Å². The summed E-state index contributed by atoms with van der Waals surface area (Å²) in [5.74, 6) is 0.411. The molecule has 0 radical (unpaired) electrons. The standard InChI is InChI=1S/C10H15N3O3/c1-2-11-10(15)13-7-9(14)12-6-8-4-3-5-16-8/h3-5H,2,6-7H2,1H3,(H,12,14)(H2,11,13,15). The summed E-state index contributed by atoms with van der Waals surface area (Å²) in [5, 5.41) is 7.55. The Labute approximate surface area is 93.4 Å². The molecule has 3 amide bonds. The number of hydrogen-bond donors (Lipinski definition) is 3.